The van der Waals surface area contributed by atoms with Gasteiger partial charge in [0.25, 0.3) is 17.5 Å². The Morgan fingerprint density at radius 3 is 2.56 bits per heavy atom. The molecule has 1 heterocycles. The highest BCUT2D eigenvalue weighted by Crippen LogP contribution is 2.16. The quantitative estimate of drug-likeness (QED) is 0.601. The van der Waals surface area contributed by atoms with Gasteiger partial charge < -0.3 is 15.4 Å². The number of anilines is 1. The van der Waals surface area contributed by atoms with E-state index in [2.05, 4.69) is 10.6 Å². The second kappa shape index (κ2) is 8.41. The van der Waals surface area contributed by atoms with Crippen molar-refractivity contribution in [1.29, 1.82) is 0 Å². The molecular formula is C19H19N3O5. The summed E-state index contributed by atoms with van der Waals surface area (Å²) in [4.78, 5) is 34.9. The average Bonchev–Trinajstić information content (AvgIpc) is 3.20. The number of non-ortho nitro benzene ring substituents is 1. The summed E-state index contributed by atoms with van der Waals surface area (Å²) in [6.45, 7) is 1.17. The van der Waals surface area contributed by atoms with Crippen LogP contribution in [0.3, 0.4) is 0 Å². The number of carbonyl (C=O) groups excluding carboxylic acids is 2. The summed E-state index contributed by atoms with van der Waals surface area (Å²) >= 11 is 0. The van der Waals surface area contributed by atoms with Gasteiger partial charge in [-0.3, -0.25) is 19.7 Å². The number of ether oxygens (including phenoxy) is 1. The minimum absolute atomic E-state index is 0.0470. The fourth-order valence-electron chi connectivity index (χ4n) is 2.82. The summed E-state index contributed by atoms with van der Waals surface area (Å²) in [6, 6.07) is 12.0. The fourth-order valence-corrected chi connectivity index (χ4v) is 2.82. The molecule has 0 spiro atoms. The molecule has 0 saturated carbocycles. The molecule has 0 bridgehead atoms. The molecule has 3 rings (SSSR count). The molecule has 1 atom stereocenters. The zero-order valence-corrected chi connectivity index (χ0v) is 14.5. The van der Waals surface area contributed by atoms with E-state index in [1.807, 2.05) is 0 Å². The molecule has 0 radical (unpaired) electrons. The SMILES string of the molecule is O=C(NC[C@H]1CCCO1)c1cccc(NC(=O)c2cccc([N+](=O)[O-])c2)c1. The molecule has 0 aliphatic carbocycles. The van der Waals surface area contributed by atoms with Crippen molar-refractivity contribution in [3.8, 4) is 0 Å². The topological polar surface area (TPSA) is 111 Å². The Morgan fingerprint density at radius 1 is 1.11 bits per heavy atom. The van der Waals surface area contributed by atoms with Crippen molar-refractivity contribution in [1.82, 2.24) is 5.32 Å². The van der Waals surface area contributed by atoms with Gasteiger partial charge in [0.2, 0.25) is 0 Å². The Bertz CT molecular complexity index is 862. The van der Waals surface area contributed by atoms with Gasteiger partial charge in [0.15, 0.2) is 0 Å². The molecule has 2 amide bonds. The van der Waals surface area contributed by atoms with E-state index in [1.165, 1.54) is 24.3 Å². The first-order valence-corrected chi connectivity index (χ1v) is 8.58. The van der Waals surface area contributed by atoms with Crippen LogP contribution < -0.4 is 10.6 Å². The summed E-state index contributed by atoms with van der Waals surface area (Å²) in [5.41, 5.74) is 0.837. The number of nitro groups is 1. The highest BCUT2D eigenvalue weighted by molar-refractivity contribution is 6.05. The molecular weight excluding hydrogens is 350 g/mol. The lowest BCUT2D eigenvalue weighted by Gasteiger charge is -2.11. The van der Waals surface area contributed by atoms with Crippen molar-refractivity contribution in [2.24, 2.45) is 0 Å². The molecule has 1 fully saturated rings. The maximum atomic E-state index is 12.3. The monoisotopic (exact) mass is 369 g/mol. The molecule has 1 saturated heterocycles. The first-order chi connectivity index (χ1) is 13.0. The summed E-state index contributed by atoms with van der Waals surface area (Å²) in [7, 11) is 0. The molecule has 2 aromatic rings. The van der Waals surface area contributed by atoms with Crippen molar-refractivity contribution in [2.45, 2.75) is 18.9 Å². The maximum absolute atomic E-state index is 12.3. The average molecular weight is 369 g/mol. The third-order valence-corrected chi connectivity index (χ3v) is 4.22. The van der Waals surface area contributed by atoms with Crippen LogP contribution in [0.25, 0.3) is 0 Å². The molecule has 2 aromatic carbocycles. The Hall–Kier alpha value is -3.26. The predicted octanol–water partition coefficient (Wildman–Crippen LogP) is 2.76. The molecule has 27 heavy (non-hydrogen) atoms. The van der Waals surface area contributed by atoms with Crippen LogP contribution in [-0.2, 0) is 4.74 Å². The van der Waals surface area contributed by atoms with Gasteiger partial charge in [-0.25, -0.2) is 0 Å². The van der Waals surface area contributed by atoms with Crippen molar-refractivity contribution in [3.05, 3.63) is 69.8 Å². The lowest BCUT2D eigenvalue weighted by molar-refractivity contribution is -0.384. The van der Waals surface area contributed by atoms with Crippen LogP contribution in [-0.4, -0.2) is 36.0 Å². The number of rotatable bonds is 6. The van der Waals surface area contributed by atoms with E-state index in [9.17, 15) is 19.7 Å². The number of nitro benzene ring substituents is 1. The van der Waals surface area contributed by atoms with Crippen LogP contribution >= 0.6 is 0 Å². The number of hydrogen-bond donors (Lipinski definition) is 2. The Balaban J connectivity index is 1.64. The zero-order chi connectivity index (χ0) is 19.2. The van der Waals surface area contributed by atoms with E-state index in [-0.39, 0.29) is 23.3 Å². The van der Waals surface area contributed by atoms with Crippen LogP contribution in [0, 0.1) is 10.1 Å². The lowest BCUT2D eigenvalue weighted by atomic mass is 10.1. The van der Waals surface area contributed by atoms with Gasteiger partial charge in [0.1, 0.15) is 0 Å². The van der Waals surface area contributed by atoms with Crippen molar-refractivity contribution in [2.75, 3.05) is 18.5 Å². The summed E-state index contributed by atoms with van der Waals surface area (Å²) in [5, 5.41) is 16.3. The van der Waals surface area contributed by atoms with Crippen molar-refractivity contribution >= 4 is 23.2 Å². The van der Waals surface area contributed by atoms with E-state index in [0.29, 0.717) is 17.8 Å². The first kappa shape index (κ1) is 18.5. The molecule has 1 aliphatic heterocycles. The van der Waals surface area contributed by atoms with E-state index < -0.39 is 10.8 Å². The number of nitrogens with one attached hydrogen (secondary N) is 2. The summed E-state index contributed by atoms with van der Waals surface area (Å²) < 4.78 is 5.47. The molecule has 0 unspecified atom stereocenters. The van der Waals surface area contributed by atoms with Crippen LogP contribution in [0.15, 0.2) is 48.5 Å². The molecule has 8 nitrogen and oxygen atoms in total. The van der Waals surface area contributed by atoms with Gasteiger partial charge in [0, 0.05) is 42.1 Å². The van der Waals surface area contributed by atoms with Gasteiger partial charge >= 0.3 is 0 Å². The summed E-state index contributed by atoms with van der Waals surface area (Å²) in [5.74, 6) is -0.743. The number of carbonyl (C=O) groups is 2. The number of benzene rings is 2. The van der Waals surface area contributed by atoms with Crippen LogP contribution in [0.1, 0.15) is 33.6 Å². The second-order valence-corrected chi connectivity index (χ2v) is 6.19. The molecule has 8 heteroatoms. The standard InChI is InChI=1S/C19H19N3O5/c23-18(20-12-17-8-3-9-27-17)13-4-1-6-15(10-13)21-19(24)14-5-2-7-16(11-14)22(25)26/h1-2,4-7,10-11,17H,3,8-9,12H2,(H,20,23)(H,21,24)/t17-/m1/s1. The van der Waals surface area contributed by atoms with Gasteiger partial charge in [-0.2, -0.15) is 0 Å². The Labute approximate surface area is 155 Å². The molecule has 1 aliphatic rings. The third kappa shape index (κ3) is 4.89. The van der Waals surface area contributed by atoms with E-state index in [4.69, 9.17) is 4.74 Å². The smallest absolute Gasteiger partial charge is 0.270 e. The van der Waals surface area contributed by atoms with Crippen LogP contribution in [0.5, 0.6) is 0 Å². The molecule has 140 valence electrons. The van der Waals surface area contributed by atoms with Crippen LogP contribution in [0.2, 0.25) is 0 Å². The van der Waals surface area contributed by atoms with Crippen molar-refractivity contribution in [3.63, 3.8) is 0 Å². The van der Waals surface area contributed by atoms with Gasteiger partial charge in [-0.1, -0.05) is 12.1 Å². The Morgan fingerprint density at radius 2 is 1.85 bits per heavy atom. The van der Waals surface area contributed by atoms with E-state index in [0.717, 1.165) is 19.4 Å². The highest BCUT2D eigenvalue weighted by atomic mass is 16.6. The number of nitrogens with zero attached hydrogens (tertiary/aromatic N) is 1. The van der Waals surface area contributed by atoms with Crippen LogP contribution in [0.4, 0.5) is 11.4 Å². The number of amides is 2. The van der Waals surface area contributed by atoms with Gasteiger partial charge in [-0.05, 0) is 37.1 Å². The van der Waals surface area contributed by atoms with E-state index in [1.54, 1.807) is 24.3 Å². The molecule has 2 N–H and O–H groups in total. The third-order valence-electron chi connectivity index (χ3n) is 4.22. The lowest BCUT2D eigenvalue weighted by Crippen LogP contribution is -2.31. The van der Waals surface area contributed by atoms with Gasteiger partial charge in [-0.15, -0.1) is 0 Å². The van der Waals surface area contributed by atoms with Crippen molar-refractivity contribution < 1.29 is 19.2 Å². The largest absolute Gasteiger partial charge is 0.376 e. The van der Waals surface area contributed by atoms with Gasteiger partial charge in [0.05, 0.1) is 11.0 Å². The Kier molecular flexibility index (Phi) is 5.77. The minimum Gasteiger partial charge on any atom is -0.376 e. The highest BCUT2D eigenvalue weighted by Gasteiger charge is 2.17. The number of hydrogen-bond acceptors (Lipinski definition) is 5. The normalized spacial score (nSPS) is 15.9. The molecule has 0 aromatic heterocycles. The van der Waals surface area contributed by atoms with E-state index >= 15 is 0 Å². The fraction of sp³-hybridized carbons (Fsp3) is 0.263. The maximum Gasteiger partial charge on any atom is 0.270 e. The summed E-state index contributed by atoms with van der Waals surface area (Å²) in [6.07, 6.45) is 1.98. The first-order valence-electron chi connectivity index (χ1n) is 8.58. The second-order valence-electron chi connectivity index (χ2n) is 6.19. The predicted molar refractivity (Wildman–Crippen MR) is 98.8 cm³/mol. The minimum atomic E-state index is -0.560. The zero-order valence-electron chi connectivity index (χ0n) is 14.5.